The predicted molar refractivity (Wildman–Crippen MR) is 195 cm³/mol. The van der Waals surface area contributed by atoms with Gasteiger partial charge in [0.1, 0.15) is 0 Å². The molecule has 0 N–H and O–H groups in total. The highest BCUT2D eigenvalue weighted by Crippen LogP contribution is 2.33. The molecule has 0 aliphatic rings. The molecule has 0 radical (unpaired) electrons. The third-order valence-corrected chi connectivity index (χ3v) is 15.0. The van der Waals surface area contributed by atoms with Gasteiger partial charge < -0.3 is 26.6 Å². The van der Waals surface area contributed by atoms with E-state index in [1.165, 1.54) is 0 Å². The molecular formula is C29H66O6S4Si2. The maximum absolute atomic E-state index is 6.28. The molecule has 0 fully saturated rings. The second kappa shape index (κ2) is 31.6. The molecule has 0 saturated carbocycles. The van der Waals surface area contributed by atoms with Crippen LogP contribution in [-0.4, -0.2) is 80.3 Å². The van der Waals surface area contributed by atoms with E-state index < -0.39 is 17.6 Å². The van der Waals surface area contributed by atoms with Gasteiger partial charge in [0.25, 0.3) is 0 Å². The third kappa shape index (κ3) is 20.4. The summed E-state index contributed by atoms with van der Waals surface area (Å²) in [5, 5.41) is 0. The summed E-state index contributed by atoms with van der Waals surface area (Å²) in [6.07, 6.45) is 11.3. The molecule has 0 aliphatic carbocycles. The molecule has 0 spiro atoms. The van der Waals surface area contributed by atoms with Crippen LogP contribution in [0.25, 0.3) is 0 Å². The lowest BCUT2D eigenvalue weighted by atomic mass is 10.4. The van der Waals surface area contributed by atoms with Gasteiger partial charge in [-0.3, -0.25) is 0 Å². The first-order valence-corrected chi connectivity index (χ1v) is 22.3. The van der Waals surface area contributed by atoms with Crippen LogP contribution in [0.2, 0.25) is 11.1 Å². The zero-order valence-electron chi connectivity index (χ0n) is 27.2. The molecule has 2 unspecified atom stereocenters. The minimum atomic E-state index is -2.68. The maximum Gasteiger partial charge on any atom is 0.505 e. The summed E-state index contributed by atoms with van der Waals surface area (Å²) < 4.78 is 37.1. The molecule has 0 saturated heterocycles. The van der Waals surface area contributed by atoms with E-state index >= 15 is 0 Å². The summed E-state index contributed by atoms with van der Waals surface area (Å²) in [4.78, 5) is 0. The van der Waals surface area contributed by atoms with E-state index in [9.17, 15) is 0 Å². The molecule has 2 atom stereocenters. The van der Waals surface area contributed by atoms with Crippen LogP contribution in [0, 0.1) is 0 Å². The van der Waals surface area contributed by atoms with E-state index in [-0.39, 0.29) is 11.1 Å². The number of hydrogen-bond acceptors (Lipinski definition) is 10. The fourth-order valence-corrected chi connectivity index (χ4v) is 12.8. The van der Waals surface area contributed by atoms with Crippen LogP contribution in [0.3, 0.4) is 0 Å². The predicted octanol–water partition coefficient (Wildman–Crippen LogP) is 8.82. The van der Waals surface area contributed by atoms with Gasteiger partial charge >= 0.3 is 17.6 Å². The van der Waals surface area contributed by atoms with Crippen molar-refractivity contribution >= 4 is 68.1 Å². The van der Waals surface area contributed by atoms with Gasteiger partial charge in [0.2, 0.25) is 0 Å². The molecule has 0 aromatic heterocycles. The average molecular weight is 695 g/mol. The highest BCUT2D eigenvalue weighted by atomic mass is 32.1. The summed E-state index contributed by atoms with van der Waals surface area (Å²) >= 11 is 17.7. The third-order valence-electron chi connectivity index (χ3n) is 6.32. The fraction of sp³-hybridized carbons (Fsp3) is 1.00. The molecule has 0 heterocycles. The van der Waals surface area contributed by atoms with Crippen molar-refractivity contribution in [1.29, 1.82) is 0 Å². The summed E-state index contributed by atoms with van der Waals surface area (Å²) in [6, 6.07) is 0. The molecule has 250 valence electrons. The van der Waals surface area contributed by atoms with Crippen molar-refractivity contribution in [2.24, 2.45) is 0 Å². The molecule has 0 amide bonds. The van der Waals surface area contributed by atoms with Crippen molar-refractivity contribution in [3.05, 3.63) is 0 Å². The maximum atomic E-state index is 6.28. The van der Waals surface area contributed by atoms with Gasteiger partial charge in [-0.1, -0.05) is 60.8 Å². The van der Waals surface area contributed by atoms with Crippen LogP contribution >= 0.6 is 50.5 Å². The standard InChI is InChI=1S/C16H36O3S2Si.C13H30O3S2Si/c1-4-7-11-17-22(18-12-8-5-2,19-13-9-6-3)16(15-21)10-14-20;1-4-8-14-19(15-9-5-2,16-10-6-3)13(12-18)7-11-17/h16,20-21H,4-15H2,1-3H3;13,17-18H,4-12H2,1-3H3. The van der Waals surface area contributed by atoms with Crippen molar-refractivity contribution in [3.8, 4) is 0 Å². The Balaban J connectivity index is 0. The van der Waals surface area contributed by atoms with Gasteiger partial charge in [-0.2, -0.15) is 50.5 Å². The Labute approximate surface area is 279 Å². The Morgan fingerprint density at radius 1 is 0.415 bits per heavy atom. The molecule has 12 heteroatoms. The molecule has 0 aromatic rings. The SMILES string of the molecule is CCCCO[Si](OCCCC)(OCCCC)C(CS)CCS.CCCO[Si](OCCC)(OCCC)C(CS)CCS. The Kier molecular flexibility index (Phi) is 34.4. The fourth-order valence-electron chi connectivity index (χ4n) is 3.84. The summed E-state index contributed by atoms with van der Waals surface area (Å²) in [6.45, 7) is 17.1. The lowest BCUT2D eigenvalue weighted by Gasteiger charge is -2.35. The van der Waals surface area contributed by atoms with Gasteiger partial charge in [-0.05, 0) is 74.4 Å². The summed E-state index contributed by atoms with van der Waals surface area (Å²) in [5.41, 5.74) is 0.469. The average Bonchev–Trinajstić information content (AvgIpc) is 2.99. The van der Waals surface area contributed by atoms with Crippen molar-refractivity contribution < 1.29 is 26.6 Å². The first-order chi connectivity index (χ1) is 19.9. The molecule has 0 bridgehead atoms. The smallest absolute Gasteiger partial charge is 0.373 e. The minimum Gasteiger partial charge on any atom is -0.373 e. The quantitative estimate of drug-likeness (QED) is 0.0357. The summed E-state index contributed by atoms with van der Waals surface area (Å²) in [7, 11) is -5.32. The van der Waals surface area contributed by atoms with E-state index in [0.717, 1.165) is 113 Å². The van der Waals surface area contributed by atoms with E-state index in [1.807, 2.05) is 0 Å². The highest BCUT2D eigenvalue weighted by molar-refractivity contribution is 7.80. The van der Waals surface area contributed by atoms with Gasteiger partial charge in [-0.25, -0.2) is 0 Å². The van der Waals surface area contributed by atoms with Crippen LogP contribution in [0.5, 0.6) is 0 Å². The van der Waals surface area contributed by atoms with Gasteiger partial charge in [0.15, 0.2) is 0 Å². The van der Waals surface area contributed by atoms with E-state index in [1.54, 1.807) is 0 Å². The zero-order valence-corrected chi connectivity index (χ0v) is 32.8. The Bertz CT molecular complexity index is 495. The molecule has 0 aliphatic heterocycles. The van der Waals surface area contributed by atoms with Gasteiger partial charge in [0.05, 0.1) is 0 Å². The topological polar surface area (TPSA) is 55.4 Å². The van der Waals surface area contributed by atoms with E-state index in [4.69, 9.17) is 26.6 Å². The molecule has 6 nitrogen and oxygen atoms in total. The normalized spacial score (nSPS) is 13.6. The van der Waals surface area contributed by atoms with Gasteiger partial charge in [0, 0.05) is 50.7 Å². The van der Waals surface area contributed by atoms with Crippen LogP contribution in [0.4, 0.5) is 0 Å². The van der Waals surface area contributed by atoms with Gasteiger partial charge in [-0.15, -0.1) is 0 Å². The van der Waals surface area contributed by atoms with Crippen LogP contribution in [-0.2, 0) is 26.6 Å². The van der Waals surface area contributed by atoms with Crippen LogP contribution in [0.1, 0.15) is 112 Å². The van der Waals surface area contributed by atoms with Crippen LogP contribution < -0.4 is 0 Å². The van der Waals surface area contributed by atoms with E-state index in [2.05, 4.69) is 92.1 Å². The Hall–Kier alpha value is 1.59. The number of hydrogen-bond donors (Lipinski definition) is 4. The zero-order chi connectivity index (χ0) is 31.2. The van der Waals surface area contributed by atoms with Crippen molar-refractivity contribution in [1.82, 2.24) is 0 Å². The largest absolute Gasteiger partial charge is 0.505 e. The molecular weight excluding hydrogens is 629 g/mol. The van der Waals surface area contributed by atoms with Crippen molar-refractivity contribution in [2.75, 3.05) is 62.7 Å². The molecule has 0 rings (SSSR count). The lowest BCUT2D eigenvalue weighted by molar-refractivity contribution is 0.0481. The molecule has 0 aromatic carbocycles. The number of rotatable bonds is 29. The second-order valence-electron chi connectivity index (χ2n) is 10.1. The Morgan fingerprint density at radius 2 is 0.683 bits per heavy atom. The minimum absolute atomic E-state index is 0.234. The second-order valence-corrected chi connectivity index (χ2v) is 17.5. The monoisotopic (exact) mass is 694 g/mol. The highest BCUT2D eigenvalue weighted by Gasteiger charge is 2.49. The summed E-state index contributed by atoms with van der Waals surface area (Å²) in [5.74, 6) is 3.08. The van der Waals surface area contributed by atoms with Crippen LogP contribution in [0.15, 0.2) is 0 Å². The van der Waals surface area contributed by atoms with Crippen molar-refractivity contribution in [3.63, 3.8) is 0 Å². The first kappa shape index (κ1) is 44.7. The van der Waals surface area contributed by atoms with Crippen molar-refractivity contribution in [2.45, 2.75) is 123 Å². The lowest BCUT2D eigenvalue weighted by Crippen LogP contribution is -2.51. The molecule has 41 heavy (non-hydrogen) atoms. The Morgan fingerprint density at radius 3 is 0.878 bits per heavy atom. The number of unbranched alkanes of at least 4 members (excludes halogenated alkanes) is 3. The van der Waals surface area contributed by atoms with E-state index in [0.29, 0.717) is 19.8 Å². The number of thiol groups is 4. The first-order valence-electron chi connectivity index (χ1n) is 16.2.